The predicted octanol–water partition coefficient (Wildman–Crippen LogP) is 4.08. The number of alkyl halides is 3. The number of ether oxygens (including phenoxy) is 1. The number of hydrogen-bond donors (Lipinski definition) is 1. The van der Waals surface area contributed by atoms with Gasteiger partial charge in [0.2, 0.25) is 0 Å². The summed E-state index contributed by atoms with van der Waals surface area (Å²) in [6, 6.07) is 2.58. The summed E-state index contributed by atoms with van der Waals surface area (Å²) >= 11 is 1.77. The number of imidazole rings is 1. The highest BCUT2D eigenvalue weighted by Crippen LogP contribution is 2.30. The van der Waals surface area contributed by atoms with Gasteiger partial charge in [-0.05, 0) is 48.1 Å². The second-order valence-electron chi connectivity index (χ2n) is 7.30. The van der Waals surface area contributed by atoms with Crippen LogP contribution in [0.1, 0.15) is 42.9 Å². The number of carbonyl (C=O) groups is 1. The van der Waals surface area contributed by atoms with Crippen LogP contribution in [0, 0.1) is 5.92 Å². The third-order valence-electron chi connectivity index (χ3n) is 5.01. The third kappa shape index (κ3) is 6.03. The van der Waals surface area contributed by atoms with Crippen LogP contribution < -0.4 is 0 Å². The van der Waals surface area contributed by atoms with Crippen molar-refractivity contribution in [2.75, 3.05) is 13.2 Å². The maximum absolute atomic E-state index is 10.6. The van der Waals surface area contributed by atoms with E-state index in [-0.39, 0.29) is 0 Å². The Morgan fingerprint density at radius 1 is 1.38 bits per heavy atom. The van der Waals surface area contributed by atoms with E-state index >= 15 is 0 Å². The first-order valence-electron chi connectivity index (χ1n) is 9.43. The Labute approximate surface area is 170 Å². The second-order valence-corrected chi connectivity index (χ2v) is 8.08. The molecule has 10 heteroatoms. The van der Waals surface area contributed by atoms with Crippen LogP contribution in [0.25, 0.3) is 0 Å². The summed E-state index contributed by atoms with van der Waals surface area (Å²) in [5.74, 6) is -0.747. The van der Waals surface area contributed by atoms with E-state index in [4.69, 9.17) is 14.6 Å². The lowest BCUT2D eigenvalue weighted by molar-refractivity contribution is -0.192. The molecule has 1 atom stereocenters. The molecule has 0 bridgehead atoms. The molecule has 0 amide bonds. The Hall–Kier alpha value is -1.91. The van der Waals surface area contributed by atoms with Gasteiger partial charge < -0.3 is 14.4 Å². The summed E-state index contributed by atoms with van der Waals surface area (Å²) in [4.78, 5) is 16.1. The van der Waals surface area contributed by atoms with Gasteiger partial charge >= 0.3 is 12.1 Å². The number of thiophene rings is 1. The van der Waals surface area contributed by atoms with Crippen molar-refractivity contribution in [2.24, 2.45) is 5.92 Å². The molecule has 1 saturated carbocycles. The monoisotopic (exact) mass is 431 g/mol. The smallest absolute Gasteiger partial charge is 0.475 e. The molecule has 2 aromatic rings. The number of halogens is 3. The van der Waals surface area contributed by atoms with E-state index in [1.165, 1.54) is 29.9 Å². The lowest BCUT2D eigenvalue weighted by Gasteiger charge is -2.34. The standard InChI is InChI=1S/C17H23N3OS.C2HF3O2/c1-13-17-18-8-16(11-21-10-14-2-3-14)20(17)6-5-19(13)9-15-4-7-22-12-15;3-2(4,5)1(6)7/h4,7-8,12-14H,2-3,5-6,9-11H2,1H3;(H,6,7). The van der Waals surface area contributed by atoms with Crippen molar-refractivity contribution >= 4 is 17.3 Å². The van der Waals surface area contributed by atoms with E-state index in [0.717, 1.165) is 32.2 Å². The molecule has 3 heterocycles. The van der Waals surface area contributed by atoms with Gasteiger partial charge in [0.25, 0.3) is 0 Å². The van der Waals surface area contributed by atoms with Gasteiger partial charge in [-0.25, -0.2) is 9.78 Å². The summed E-state index contributed by atoms with van der Waals surface area (Å²) in [5.41, 5.74) is 2.64. The third-order valence-corrected chi connectivity index (χ3v) is 5.74. The summed E-state index contributed by atoms with van der Waals surface area (Å²) in [6.45, 7) is 7.01. The SMILES string of the molecule is CC1c2ncc(COCC3CC3)n2CCN1Cc1ccsc1.O=C(O)C(F)(F)F. The Morgan fingerprint density at radius 3 is 2.69 bits per heavy atom. The Bertz CT molecular complexity index is 803. The van der Waals surface area contributed by atoms with E-state index in [9.17, 15) is 13.2 Å². The maximum Gasteiger partial charge on any atom is 0.490 e. The number of carboxylic acids is 1. The zero-order valence-corrected chi connectivity index (χ0v) is 16.9. The van der Waals surface area contributed by atoms with Crippen LogP contribution in [0.2, 0.25) is 0 Å². The highest BCUT2D eigenvalue weighted by atomic mass is 32.1. The van der Waals surface area contributed by atoms with Gasteiger partial charge in [0.05, 0.1) is 24.5 Å². The van der Waals surface area contributed by atoms with Gasteiger partial charge in [0.1, 0.15) is 5.82 Å². The van der Waals surface area contributed by atoms with Crippen molar-refractivity contribution in [1.82, 2.24) is 14.5 Å². The lowest BCUT2D eigenvalue weighted by Crippen LogP contribution is -2.37. The van der Waals surface area contributed by atoms with E-state index in [2.05, 4.69) is 38.2 Å². The molecule has 1 N–H and O–H groups in total. The zero-order valence-electron chi connectivity index (χ0n) is 16.1. The fourth-order valence-electron chi connectivity index (χ4n) is 3.17. The van der Waals surface area contributed by atoms with Crippen molar-refractivity contribution in [1.29, 1.82) is 0 Å². The minimum absolute atomic E-state index is 0.367. The maximum atomic E-state index is 10.6. The van der Waals surface area contributed by atoms with E-state index < -0.39 is 12.1 Å². The zero-order chi connectivity index (χ0) is 21.0. The molecular formula is C19H24F3N3O3S. The molecule has 160 valence electrons. The first-order valence-corrected chi connectivity index (χ1v) is 10.4. The van der Waals surface area contributed by atoms with Crippen molar-refractivity contribution in [3.63, 3.8) is 0 Å². The summed E-state index contributed by atoms with van der Waals surface area (Å²) in [7, 11) is 0. The Balaban J connectivity index is 0.000000298. The number of aliphatic carboxylic acids is 1. The Kier molecular flexibility index (Phi) is 6.97. The summed E-state index contributed by atoms with van der Waals surface area (Å²) in [6.07, 6.45) is -0.384. The van der Waals surface area contributed by atoms with Crippen LogP contribution in [0.4, 0.5) is 13.2 Å². The van der Waals surface area contributed by atoms with Crippen LogP contribution in [-0.2, 0) is 29.2 Å². The van der Waals surface area contributed by atoms with Crippen LogP contribution >= 0.6 is 11.3 Å². The number of aromatic nitrogens is 2. The minimum Gasteiger partial charge on any atom is -0.475 e. The Morgan fingerprint density at radius 2 is 2.10 bits per heavy atom. The molecule has 1 aliphatic carbocycles. The lowest BCUT2D eigenvalue weighted by atomic mass is 10.2. The minimum atomic E-state index is -5.08. The van der Waals surface area contributed by atoms with Gasteiger partial charge in [0.15, 0.2) is 0 Å². The molecule has 0 radical (unpaired) electrons. The van der Waals surface area contributed by atoms with E-state index in [1.807, 2.05) is 6.20 Å². The fraction of sp³-hybridized carbons (Fsp3) is 0.579. The molecule has 1 fully saturated rings. The number of carboxylic acid groups (broad SMARTS) is 1. The largest absolute Gasteiger partial charge is 0.490 e. The van der Waals surface area contributed by atoms with Crippen LogP contribution in [0.5, 0.6) is 0 Å². The molecule has 4 rings (SSSR count). The number of rotatable bonds is 6. The van der Waals surface area contributed by atoms with Gasteiger partial charge in [-0.15, -0.1) is 0 Å². The van der Waals surface area contributed by atoms with Gasteiger partial charge in [0, 0.05) is 26.2 Å². The molecule has 29 heavy (non-hydrogen) atoms. The molecule has 1 unspecified atom stereocenters. The first-order chi connectivity index (χ1) is 13.8. The number of hydrogen-bond acceptors (Lipinski definition) is 5. The van der Waals surface area contributed by atoms with Gasteiger partial charge in [-0.1, -0.05) is 0 Å². The normalized spacial score (nSPS) is 19.4. The number of fused-ring (bicyclic) bond motifs is 1. The molecule has 1 aliphatic heterocycles. The first kappa shape index (κ1) is 21.8. The van der Waals surface area contributed by atoms with E-state index in [0.29, 0.717) is 12.6 Å². The molecule has 0 aromatic carbocycles. The van der Waals surface area contributed by atoms with Crippen molar-refractivity contribution in [3.8, 4) is 0 Å². The molecule has 2 aliphatic rings. The molecular weight excluding hydrogens is 407 g/mol. The molecule has 0 saturated heterocycles. The predicted molar refractivity (Wildman–Crippen MR) is 101 cm³/mol. The summed E-state index contributed by atoms with van der Waals surface area (Å²) in [5, 5.41) is 11.5. The fourth-order valence-corrected chi connectivity index (χ4v) is 3.83. The highest BCUT2D eigenvalue weighted by Gasteiger charge is 2.38. The molecule has 0 spiro atoms. The van der Waals surface area contributed by atoms with Crippen molar-refractivity contribution < 1.29 is 27.8 Å². The van der Waals surface area contributed by atoms with Crippen LogP contribution in [-0.4, -0.2) is 44.9 Å². The topological polar surface area (TPSA) is 67.6 Å². The van der Waals surface area contributed by atoms with Gasteiger partial charge in [-0.2, -0.15) is 24.5 Å². The molecule has 2 aromatic heterocycles. The highest BCUT2D eigenvalue weighted by molar-refractivity contribution is 7.07. The summed E-state index contributed by atoms with van der Waals surface area (Å²) < 4.78 is 39.9. The van der Waals surface area contributed by atoms with Gasteiger partial charge in [-0.3, -0.25) is 4.90 Å². The number of nitrogens with zero attached hydrogens (tertiary/aromatic N) is 3. The second kappa shape index (κ2) is 9.27. The van der Waals surface area contributed by atoms with Crippen LogP contribution in [0.3, 0.4) is 0 Å². The average Bonchev–Trinajstić information content (AvgIpc) is 3.16. The van der Waals surface area contributed by atoms with Crippen molar-refractivity contribution in [2.45, 2.75) is 51.7 Å². The quantitative estimate of drug-likeness (QED) is 0.747. The van der Waals surface area contributed by atoms with Crippen molar-refractivity contribution in [3.05, 3.63) is 40.1 Å². The van der Waals surface area contributed by atoms with E-state index in [1.54, 1.807) is 11.3 Å². The van der Waals surface area contributed by atoms with Crippen LogP contribution in [0.15, 0.2) is 23.0 Å². The molecule has 6 nitrogen and oxygen atoms in total. The average molecular weight is 431 g/mol.